The molecule has 150 valence electrons. The van der Waals surface area contributed by atoms with Crippen LogP contribution in [0.15, 0.2) is 24.3 Å². The molecule has 0 unspecified atom stereocenters. The normalized spacial score (nSPS) is 16.5. The van der Waals surface area contributed by atoms with Gasteiger partial charge < -0.3 is 20.4 Å². The van der Waals surface area contributed by atoms with Crippen molar-refractivity contribution in [3.05, 3.63) is 29.8 Å². The van der Waals surface area contributed by atoms with E-state index in [0.29, 0.717) is 6.54 Å². The van der Waals surface area contributed by atoms with E-state index in [1.807, 2.05) is 14.1 Å². The van der Waals surface area contributed by atoms with Crippen molar-refractivity contribution in [1.82, 2.24) is 10.6 Å². The standard InChI is InChI=1S/C21H34N4O2/c1-24(2)18-13-11-16(12-14-18)19(25(3)4)15-22-20(26)21(27)23-17-9-7-5-6-8-10-17/h11-14,17,19H,5-10,15H2,1-4H3,(H,22,26)(H,23,27)/p+1/t19-/m0/s1. The van der Waals surface area contributed by atoms with Gasteiger partial charge >= 0.3 is 11.8 Å². The summed E-state index contributed by atoms with van der Waals surface area (Å²) in [4.78, 5) is 27.8. The predicted molar refractivity (Wildman–Crippen MR) is 109 cm³/mol. The van der Waals surface area contributed by atoms with Gasteiger partial charge in [0.2, 0.25) is 0 Å². The quantitative estimate of drug-likeness (QED) is 0.511. The smallest absolute Gasteiger partial charge is 0.309 e. The van der Waals surface area contributed by atoms with E-state index in [4.69, 9.17) is 0 Å². The number of amides is 2. The topological polar surface area (TPSA) is 65.9 Å². The molecule has 2 amide bonds. The molecule has 0 radical (unpaired) electrons. The molecule has 1 aliphatic carbocycles. The molecule has 6 nitrogen and oxygen atoms in total. The Morgan fingerprint density at radius 2 is 1.63 bits per heavy atom. The minimum atomic E-state index is -0.532. The van der Waals surface area contributed by atoms with Gasteiger partial charge in [0, 0.05) is 31.4 Å². The van der Waals surface area contributed by atoms with Gasteiger partial charge in [-0.2, -0.15) is 0 Å². The molecule has 0 heterocycles. The van der Waals surface area contributed by atoms with Crippen molar-refractivity contribution in [1.29, 1.82) is 0 Å². The Hall–Kier alpha value is -2.08. The average molecular weight is 376 g/mol. The Bertz CT molecular complexity index is 605. The van der Waals surface area contributed by atoms with Gasteiger partial charge in [-0.3, -0.25) is 9.59 Å². The Labute approximate surface area is 163 Å². The molecule has 1 fully saturated rings. The highest BCUT2D eigenvalue weighted by molar-refractivity contribution is 6.35. The van der Waals surface area contributed by atoms with Crippen molar-refractivity contribution in [2.45, 2.75) is 50.6 Å². The lowest BCUT2D eigenvalue weighted by atomic mass is 10.1. The summed E-state index contributed by atoms with van der Waals surface area (Å²) in [5.41, 5.74) is 2.28. The van der Waals surface area contributed by atoms with Gasteiger partial charge in [0.15, 0.2) is 0 Å². The van der Waals surface area contributed by atoms with E-state index in [-0.39, 0.29) is 12.1 Å². The summed E-state index contributed by atoms with van der Waals surface area (Å²) in [6.45, 7) is 0.431. The molecular weight excluding hydrogens is 340 g/mol. The second-order valence-electron chi connectivity index (χ2n) is 7.99. The zero-order chi connectivity index (χ0) is 19.8. The first-order chi connectivity index (χ1) is 12.9. The van der Waals surface area contributed by atoms with E-state index in [9.17, 15) is 9.59 Å². The van der Waals surface area contributed by atoms with Crippen LogP contribution >= 0.6 is 0 Å². The Morgan fingerprint density at radius 3 is 2.15 bits per heavy atom. The third-order valence-electron chi connectivity index (χ3n) is 5.37. The summed E-state index contributed by atoms with van der Waals surface area (Å²) in [5.74, 6) is -1.03. The van der Waals surface area contributed by atoms with E-state index in [2.05, 4.69) is 53.9 Å². The maximum absolute atomic E-state index is 12.3. The molecule has 1 atom stereocenters. The Morgan fingerprint density at radius 1 is 1.04 bits per heavy atom. The molecule has 0 saturated heterocycles. The number of hydrogen-bond donors (Lipinski definition) is 3. The number of likely N-dealkylation sites (N-methyl/N-ethyl adjacent to an activating group) is 1. The molecule has 6 heteroatoms. The zero-order valence-electron chi connectivity index (χ0n) is 17.2. The van der Waals surface area contributed by atoms with Crippen LogP contribution in [0.25, 0.3) is 0 Å². The number of nitrogens with zero attached hydrogens (tertiary/aromatic N) is 1. The van der Waals surface area contributed by atoms with E-state index < -0.39 is 11.8 Å². The molecule has 27 heavy (non-hydrogen) atoms. The molecule has 2 rings (SSSR count). The van der Waals surface area contributed by atoms with Crippen molar-refractivity contribution in [2.24, 2.45) is 0 Å². The van der Waals surface area contributed by atoms with Crippen LogP contribution in [0.5, 0.6) is 0 Å². The maximum Gasteiger partial charge on any atom is 0.309 e. The summed E-state index contributed by atoms with van der Waals surface area (Å²) in [6, 6.07) is 8.56. The predicted octanol–water partition coefficient (Wildman–Crippen LogP) is 0.893. The van der Waals surface area contributed by atoms with Crippen molar-refractivity contribution in [3.8, 4) is 0 Å². The first-order valence-corrected chi connectivity index (χ1v) is 10.0. The van der Waals surface area contributed by atoms with Crippen LogP contribution in [-0.2, 0) is 9.59 Å². The fourth-order valence-corrected chi connectivity index (χ4v) is 3.61. The van der Waals surface area contributed by atoms with Gasteiger partial charge in [-0.1, -0.05) is 37.8 Å². The summed E-state index contributed by atoms with van der Waals surface area (Å²) in [5, 5.41) is 5.73. The van der Waals surface area contributed by atoms with Crippen molar-refractivity contribution in [3.63, 3.8) is 0 Å². The largest absolute Gasteiger partial charge is 0.378 e. The van der Waals surface area contributed by atoms with Crippen LogP contribution in [0.4, 0.5) is 5.69 Å². The van der Waals surface area contributed by atoms with E-state index in [0.717, 1.165) is 36.9 Å². The monoisotopic (exact) mass is 375 g/mol. The van der Waals surface area contributed by atoms with Crippen molar-refractivity contribution < 1.29 is 14.5 Å². The van der Waals surface area contributed by atoms with Crippen LogP contribution in [-0.4, -0.2) is 52.6 Å². The van der Waals surface area contributed by atoms with Gasteiger partial charge in [0.1, 0.15) is 6.04 Å². The van der Waals surface area contributed by atoms with Crippen LogP contribution in [0.2, 0.25) is 0 Å². The lowest BCUT2D eigenvalue weighted by Crippen LogP contribution is -3.07. The molecule has 0 bridgehead atoms. The second kappa shape index (κ2) is 10.3. The molecule has 3 N–H and O–H groups in total. The molecule has 0 spiro atoms. The lowest BCUT2D eigenvalue weighted by molar-refractivity contribution is -0.890. The second-order valence-corrected chi connectivity index (χ2v) is 7.99. The van der Waals surface area contributed by atoms with Gasteiger partial charge in [0.25, 0.3) is 0 Å². The fraction of sp³-hybridized carbons (Fsp3) is 0.619. The Kier molecular flexibility index (Phi) is 8.10. The highest BCUT2D eigenvalue weighted by atomic mass is 16.2. The fourth-order valence-electron chi connectivity index (χ4n) is 3.61. The average Bonchev–Trinajstić information content (AvgIpc) is 2.90. The SMILES string of the molecule is CN(C)c1ccc([C@H](CNC(=O)C(=O)NC2CCCCCC2)[NH+](C)C)cc1. The lowest BCUT2D eigenvalue weighted by Gasteiger charge is -2.23. The van der Waals surface area contributed by atoms with Crippen molar-refractivity contribution in [2.75, 3.05) is 39.6 Å². The van der Waals surface area contributed by atoms with Crippen LogP contribution < -0.4 is 20.4 Å². The van der Waals surface area contributed by atoms with Crippen LogP contribution in [0.1, 0.15) is 50.1 Å². The Balaban J connectivity index is 1.90. The zero-order valence-corrected chi connectivity index (χ0v) is 17.2. The van der Waals surface area contributed by atoms with Gasteiger partial charge in [0.05, 0.1) is 20.6 Å². The van der Waals surface area contributed by atoms with E-state index >= 15 is 0 Å². The number of carbonyl (C=O) groups excluding carboxylic acids is 2. The van der Waals surface area contributed by atoms with E-state index in [1.165, 1.54) is 17.7 Å². The molecular formula is C21H35N4O2+. The first-order valence-electron chi connectivity index (χ1n) is 10.0. The minimum Gasteiger partial charge on any atom is -0.378 e. The molecule has 1 aromatic carbocycles. The molecule has 0 aliphatic heterocycles. The number of nitrogens with one attached hydrogen (secondary N) is 3. The maximum atomic E-state index is 12.3. The van der Waals surface area contributed by atoms with Crippen molar-refractivity contribution >= 4 is 17.5 Å². The number of hydrogen-bond acceptors (Lipinski definition) is 3. The highest BCUT2D eigenvalue weighted by Crippen LogP contribution is 2.17. The number of carbonyl (C=O) groups is 2. The van der Waals surface area contributed by atoms with Crippen LogP contribution in [0.3, 0.4) is 0 Å². The van der Waals surface area contributed by atoms with Gasteiger partial charge in [-0.15, -0.1) is 0 Å². The van der Waals surface area contributed by atoms with Crippen LogP contribution in [0, 0.1) is 0 Å². The number of benzene rings is 1. The highest BCUT2D eigenvalue weighted by Gasteiger charge is 2.23. The number of quaternary nitrogens is 1. The summed E-state index contributed by atoms with van der Waals surface area (Å²) >= 11 is 0. The summed E-state index contributed by atoms with van der Waals surface area (Å²) in [6.07, 6.45) is 6.64. The van der Waals surface area contributed by atoms with Gasteiger partial charge in [-0.05, 0) is 25.0 Å². The minimum absolute atomic E-state index is 0.0934. The molecule has 1 aliphatic rings. The summed E-state index contributed by atoms with van der Waals surface area (Å²) < 4.78 is 0. The molecule has 1 aromatic rings. The molecule has 0 aromatic heterocycles. The number of rotatable bonds is 6. The molecule has 1 saturated carbocycles. The van der Waals surface area contributed by atoms with Gasteiger partial charge in [-0.25, -0.2) is 0 Å². The van der Waals surface area contributed by atoms with E-state index in [1.54, 1.807) is 0 Å². The third kappa shape index (κ3) is 6.54. The number of anilines is 1. The summed E-state index contributed by atoms with van der Waals surface area (Å²) in [7, 11) is 8.14. The first kappa shape index (κ1) is 21.2. The third-order valence-corrected chi connectivity index (χ3v) is 5.37.